The monoisotopic (exact) mass is 319 g/mol. The van der Waals surface area contributed by atoms with Gasteiger partial charge in [0, 0.05) is 22.0 Å². The minimum Gasteiger partial charge on any atom is -0.328 e. The lowest BCUT2D eigenvalue weighted by Gasteiger charge is -2.33. The fourth-order valence-corrected chi connectivity index (χ4v) is 3.26. The summed E-state index contributed by atoms with van der Waals surface area (Å²) in [5.74, 6) is 0. The van der Waals surface area contributed by atoms with E-state index < -0.39 is 5.67 Å². The van der Waals surface area contributed by atoms with E-state index in [1.165, 1.54) is 0 Å². The van der Waals surface area contributed by atoms with Gasteiger partial charge in [-0.3, -0.25) is 0 Å². The van der Waals surface area contributed by atoms with Gasteiger partial charge in [0.1, 0.15) is 5.67 Å². The van der Waals surface area contributed by atoms with Gasteiger partial charge in [-0.25, -0.2) is 4.39 Å². The molecule has 0 spiro atoms. The molecule has 1 aromatic rings. The molecule has 1 aromatic carbocycles. The van der Waals surface area contributed by atoms with Crippen molar-refractivity contribution < 1.29 is 4.39 Å². The van der Waals surface area contributed by atoms with E-state index in [0.717, 1.165) is 22.9 Å². The Morgan fingerprint density at radius 3 is 2.94 bits per heavy atom. The molecule has 2 atom stereocenters. The molecule has 1 fully saturated rings. The Kier molecular flexibility index (Phi) is 4.11. The van der Waals surface area contributed by atoms with Crippen molar-refractivity contribution in [2.75, 3.05) is 0 Å². The van der Waals surface area contributed by atoms with Crippen molar-refractivity contribution in [2.45, 2.75) is 43.8 Å². The molecule has 2 rings (SSSR count). The minimum atomic E-state index is -1.19. The molecule has 1 nitrogen and oxygen atoms in total. The lowest BCUT2D eigenvalue weighted by atomic mass is 9.80. The molecule has 1 saturated carbocycles. The predicted octanol–water partition coefficient (Wildman–Crippen LogP) is 4.25. The second-order valence-corrected chi connectivity index (χ2v) is 6.24. The van der Waals surface area contributed by atoms with Crippen LogP contribution < -0.4 is 5.73 Å². The van der Waals surface area contributed by atoms with E-state index in [1.807, 2.05) is 18.2 Å². The number of hydrogen-bond acceptors (Lipinski definition) is 1. The number of rotatable bonds is 2. The summed E-state index contributed by atoms with van der Waals surface area (Å²) in [6, 6.07) is 5.58. The normalized spacial score (nSPS) is 29.3. The van der Waals surface area contributed by atoms with Crippen molar-refractivity contribution in [2.24, 2.45) is 5.73 Å². The van der Waals surface area contributed by atoms with Gasteiger partial charge in [0.2, 0.25) is 0 Å². The van der Waals surface area contributed by atoms with Crippen molar-refractivity contribution in [3.63, 3.8) is 0 Å². The Labute approximate surface area is 115 Å². The number of nitrogens with two attached hydrogens (primary N) is 1. The van der Waals surface area contributed by atoms with Crippen molar-refractivity contribution in [3.05, 3.63) is 33.3 Å². The summed E-state index contributed by atoms with van der Waals surface area (Å²) < 4.78 is 15.6. The molecule has 0 aliphatic heterocycles. The molecule has 94 valence electrons. The highest BCUT2D eigenvalue weighted by Gasteiger charge is 2.35. The van der Waals surface area contributed by atoms with E-state index in [9.17, 15) is 4.39 Å². The SMILES string of the molecule is NC1CCCC(F)(Cc2ccc(Br)cc2Cl)C1. The van der Waals surface area contributed by atoms with Crippen LogP contribution in [0.5, 0.6) is 0 Å². The van der Waals surface area contributed by atoms with Gasteiger partial charge in [-0.05, 0) is 43.4 Å². The highest BCUT2D eigenvalue weighted by atomic mass is 79.9. The molecule has 1 aliphatic carbocycles. The summed E-state index contributed by atoms with van der Waals surface area (Å²) in [4.78, 5) is 0. The topological polar surface area (TPSA) is 26.0 Å². The average Bonchev–Trinajstić information content (AvgIpc) is 2.22. The Bertz CT molecular complexity index is 412. The number of halogens is 3. The molecule has 4 heteroatoms. The van der Waals surface area contributed by atoms with Gasteiger partial charge in [0.05, 0.1) is 0 Å². The van der Waals surface area contributed by atoms with Gasteiger partial charge in [0.25, 0.3) is 0 Å². The van der Waals surface area contributed by atoms with E-state index >= 15 is 0 Å². The molecule has 0 heterocycles. The van der Waals surface area contributed by atoms with Crippen LogP contribution in [-0.4, -0.2) is 11.7 Å². The zero-order chi connectivity index (χ0) is 12.5. The summed E-state index contributed by atoms with van der Waals surface area (Å²) >= 11 is 9.47. The third-order valence-electron chi connectivity index (χ3n) is 3.35. The van der Waals surface area contributed by atoms with Gasteiger partial charge in [-0.15, -0.1) is 0 Å². The molecule has 0 aromatic heterocycles. The summed E-state index contributed by atoms with van der Waals surface area (Å²) in [6.45, 7) is 0. The third kappa shape index (κ3) is 3.43. The Morgan fingerprint density at radius 1 is 1.53 bits per heavy atom. The molecule has 1 aliphatic rings. The van der Waals surface area contributed by atoms with Crippen LogP contribution >= 0.6 is 27.5 Å². The van der Waals surface area contributed by atoms with Crippen LogP contribution in [-0.2, 0) is 6.42 Å². The van der Waals surface area contributed by atoms with Crippen LogP contribution in [0, 0.1) is 0 Å². The Morgan fingerprint density at radius 2 is 2.29 bits per heavy atom. The quantitative estimate of drug-likeness (QED) is 0.866. The first-order valence-electron chi connectivity index (χ1n) is 5.87. The van der Waals surface area contributed by atoms with Crippen molar-refractivity contribution >= 4 is 27.5 Å². The summed E-state index contributed by atoms with van der Waals surface area (Å²) in [6.07, 6.45) is 3.20. The van der Waals surface area contributed by atoms with Crippen LogP contribution in [0.3, 0.4) is 0 Å². The molecule has 0 amide bonds. The predicted molar refractivity (Wildman–Crippen MR) is 73.1 cm³/mol. The van der Waals surface area contributed by atoms with E-state index in [4.69, 9.17) is 17.3 Å². The first-order valence-corrected chi connectivity index (χ1v) is 7.04. The summed E-state index contributed by atoms with van der Waals surface area (Å²) in [7, 11) is 0. The van der Waals surface area contributed by atoms with Gasteiger partial charge in [0.15, 0.2) is 0 Å². The number of alkyl halides is 1. The zero-order valence-electron chi connectivity index (χ0n) is 9.56. The molecule has 17 heavy (non-hydrogen) atoms. The molecule has 2 unspecified atom stereocenters. The largest absolute Gasteiger partial charge is 0.328 e. The smallest absolute Gasteiger partial charge is 0.116 e. The summed E-state index contributed by atoms with van der Waals surface area (Å²) in [5.41, 5.74) is 5.53. The summed E-state index contributed by atoms with van der Waals surface area (Å²) in [5, 5.41) is 0.621. The second-order valence-electron chi connectivity index (χ2n) is 4.92. The molecule has 0 bridgehead atoms. The minimum absolute atomic E-state index is 0.0111. The zero-order valence-corrected chi connectivity index (χ0v) is 11.9. The molecule has 0 saturated heterocycles. The van der Waals surface area contributed by atoms with Crippen LogP contribution in [0.25, 0.3) is 0 Å². The highest BCUT2D eigenvalue weighted by Crippen LogP contribution is 2.36. The van der Waals surface area contributed by atoms with Gasteiger partial charge in [-0.2, -0.15) is 0 Å². The molecular weight excluding hydrogens is 305 g/mol. The van der Waals surface area contributed by atoms with Gasteiger partial charge < -0.3 is 5.73 Å². The highest BCUT2D eigenvalue weighted by molar-refractivity contribution is 9.10. The lowest BCUT2D eigenvalue weighted by Crippen LogP contribution is -2.39. The molecule has 0 radical (unpaired) electrons. The Balaban J connectivity index is 2.14. The first kappa shape index (κ1) is 13.3. The van der Waals surface area contributed by atoms with E-state index in [1.54, 1.807) is 0 Å². The van der Waals surface area contributed by atoms with Crippen LogP contribution in [0.2, 0.25) is 5.02 Å². The maximum atomic E-state index is 14.6. The van der Waals surface area contributed by atoms with Crippen LogP contribution in [0.15, 0.2) is 22.7 Å². The Hall–Kier alpha value is -0.120. The molecular formula is C13H16BrClFN. The maximum absolute atomic E-state index is 14.6. The van der Waals surface area contributed by atoms with E-state index in [2.05, 4.69) is 15.9 Å². The van der Waals surface area contributed by atoms with E-state index in [0.29, 0.717) is 24.3 Å². The fraction of sp³-hybridized carbons (Fsp3) is 0.538. The van der Waals surface area contributed by atoms with Crippen molar-refractivity contribution in [3.8, 4) is 0 Å². The molecule has 2 N–H and O–H groups in total. The van der Waals surface area contributed by atoms with Crippen LogP contribution in [0.1, 0.15) is 31.2 Å². The average molecular weight is 321 g/mol. The standard InChI is InChI=1S/C13H16BrClFN/c14-10-4-3-9(12(15)6-10)7-13(16)5-1-2-11(17)8-13/h3-4,6,11H,1-2,5,7-8,17H2. The number of benzene rings is 1. The van der Waals surface area contributed by atoms with Gasteiger partial charge >= 0.3 is 0 Å². The van der Waals surface area contributed by atoms with Crippen molar-refractivity contribution in [1.29, 1.82) is 0 Å². The second kappa shape index (κ2) is 5.25. The van der Waals surface area contributed by atoms with Crippen LogP contribution in [0.4, 0.5) is 4.39 Å². The maximum Gasteiger partial charge on any atom is 0.116 e. The number of hydrogen-bond donors (Lipinski definition) is 1. The lowest BCUT2D eigenvalue weighted by molar-refractivity contribution is 0.0965. The third-order valence-corrected chi connectivity index (χ3v) is 4.20. The van der Waals surface area contributed by atoms with Gasteiger partial charge in [-0.1, -0.05) is 33.6 Å². The van der Waals surface area contributed by atoms with Crippen molar-refractivity contribution in [1.82, 2.24) is 0 Å². The van der Waals surface area contributed by atoms with E-state index in [-0.39, 0.29) is 6.04 Å². The first-order chi connectivity index (χ1) is 7.98. The fourth-order valence-electron chi connectivity index (χ4n) is 2.52.